The van der Waals surface area contributed by atoms with Gasteiger partial charge in [0, 0.05) is 17.5 Å². The second kappa shape index (κ2) is 10.7. The van der Waals surface area contributed by atoms with Gasteiger partial charge in [0.2, 0.25) is 0 Å². The van der Waals surface area contributed by atoms with E-state index in [1.54, 1.807) is 6.92 Å². The summed E-state index contributed by atoms with van der Waals surface area (Å²) in [6.07, 6.45) is 0.0320. The first-order valence-electron chi connectivity index (χ1n) is 8.38. The van der Waals surface area contributed by atoms with Crippen LogP contribution in [0.15, 0.2) is 60.7 Å². The molecule has 2 rings (SSSR count). The highest BCUT2D eigenvalue weighted by molar-refractivity contribution is 6.08. The summed E-state index contributed by atoms with van der Waals surface area (Å²) in [7, 11) is 0. The zero-order valence-corrected chi connectivity index (χ0v) is 14.7. The van der Waals surface area contributed by atoms with Gasteiger partial charge in [-0.1, -0.05) is 74.5 Å². The summed E-state index contributed by atoms with van der Waals surface area (Å²) in [6, 6.07) is 18.6. The Morgan fingerprint density at radius 2 is 1.25 bits per heavy atom. The van der Waals surface area contributed by atoms with Crippen molar-refractivity contribution >= 4 is 5.78 Å². The Bertz CT molecular complexity index is 525. The number of aliphatic hydroxyl groups excluding tert-OH is 1. The summed E-state index contributed by atoms with van der Waals surface area (Å²) in [5, 5.41) is 19.8. The standard InChI is InChI=1S/C13H10O.C8H17O2/c14-13(11-7-3-1-4-8-11)12-9-5-2-6-10-12;1-6(2)4-8(10)5-7(3)9/h1-10H;6-9H,4-5H2,1-3H3. The normalized spacial score (nSPS) is 12.9. The van der Waals surface area contributed by atoms with Gasteiger partial charge in [-0.3, -0.25) is 4.79 Å². The molecule has 0 saturated heterocycles. The second-order valence-corrected chi connectivity index (χ2v) is 6.40. The Kier molecular flexibility index (Phi) is 8.98. The molecule has 0 aliphatic rings. The summed E-state index contributed by atoms with van der Waals surface area (Å²) >= 11 is 0. The molecule has 24 heavy (non-hydrogen) atoms. The first-order valence-corrected chi connectivity index (χ1v) is 8.38. The van der Waals surface area contributed by atoms with Crippen molar-refractivity contribution in [3.05, 3.63) is 71.8 Å². The zero-order valence-electron chi connectivity index (χ0n) is 14.7. The van der Waals surface area contributed by atoms with Gasteiger partial charge in [-0.2, -0.15) is 0 Å². The lowest BCUT2D eigenvalue weighted by Gasteiger charge is -2.11. The number of hydrogen-bond acceptors (Lipinski definition) is 2. The minimum atomic E-state index is -0.583. The van der Waals surface area contributed by atoms with Crippen molar-refractivity contribution in [2.45, 2.75) is 45.8 Å². The Balaban J connectivity index is 0.000000257. The predicted molar refractivity (Wildman–Crippen MR) is 96.5 cm³/mol. The molecule has 0 fully saturated rings. The molecule has 2 aromatic rings. The number of carbonyl (C=O) groups is 1. The van der Waals surface area contributed by atoms with Crippen molar-refractivity contribution in [3.63, 3.8) is 0 Å². The molecule has 0 amide bonds. The Morgan fingerprint density at radius 1 is 0.833 bits per heavy atom. The van der Waals surface area contributed by atoms with Crippen molar-refractivity contribution in [2.24, 2.45) is 5.92 Å². The molecule has 1 radical (unpaired) electrons. The molecule has 129 valence electrons. The molecule has 2 aromatic carbocycles. The lowest BCUT2D eigenvalue weighted by Crippen LogP contribution is -2.15. The van der Waals surface area contributed by atoms with E-state index in [1.807, 2.05) is 74.5 Å². The summed E-state index contributed by atoms with van der Waals surface area (Å²) in [5.74, 6) is 0.521. The van der Waals surface area contributed by atoms with Crippen LogP contribution in [0.25, 0.3) is 0 Å². The third kappa shape index (κ3) is 8.04. The van der Waals surface area contributed by atoms with E-state index in [1.165, 1.54) is 0 Å². The fourth-order valence-electron chi connectivity index (χ4n) is 2.35. The van der Waals surface area contributed by atoms with Crippen LogP contribution in [-0.4, -0.2) is 23.1 Å². The maximum atomic E-state index is 11.8. The van der Waals surface area contributed by atoms with Crippen molar-refractivity contribution in [3.8, 4) is 0 Å². The monoisotopic (exact) mass is 327 g/mol. The Labute approximate surface area is 145 Å². The van der Waals surface area contributed by atoms with Gasteiger partial charge in [-0.05, 0) is 19.3 Å². The number of benzene rings is 2. The van der Waals surface area contributed by atoms with E-state index in [2.05, 4.69) is 0 Å². The second-order valence-electron chi connectivity index (χ2n) is 6.40. The third-order valence-corrected chi connectivity index (χ3v) is 3.41. The van der Waals surface area contributed by atoms with Gasteiger partial charge in [-0.25, -0.2) is 5.11 Å². The van der Waals surface area contributed by atoms with Gasteiger partial charge in [0.1, 0.15) is 0 Å². The van der Waals surface area contributed by atoms with Crippen molar-refractivity contribution < 1.29 is 15.0 Å². The van der Waals surface area contributed by atoms with E-state index in [0.717, 1.165) is 11.1 Å². The van der Waals surface area contributed by atoms with Gasteiger partial charge < -0.3 is 5.11 Å². The highest BCUT2D eigenvalue weighted by Gasteiger charge is 2.11. The van der Waals surface area contributed by atoms with Gasteiger partial charge >= 0.3 is 0 Å². The van der Waals surface area contributed by atoms with E-state index in [0.29, 0.717) is 18.8 Å². The summed E-state index contributed by atoms with van der Waals surface area (Å²) in [6.45, 7) is 5.70. The van der Waals surface area contributed by atoms with Crippen LogP contribution in [0.4, 0.5) is 0 Å². The smallest absolute Gasteiger partial charge is 0.193 e. The molecule has 0 aliphatic heterocycles. The number of aliphatic hydroxyl groups is 1. The molecular weight excluding hydrogens is 300 g/mol. The summed E-state index contributed by atoms with van der Waals surface area (Å²) in [4.78, 5) is 11.8. The number of carbonyl (C=O) groups excluding carboxylic acids is 1. The van der Waals surface area contributed by atoms with Crippen LogP contribution in [0, 0.1) is 5.92 Å². The van der Waals surface area contributed by atoms with E-state index in [4.69, 9.17) is 5.11 Å². The minimum Gasteiger partial charge on any atom is -0.393 e. The van der Waals surface area contributed by atoms with Gasteiger partial charge in [0.25, 0.3) is 0 Å². The molecule has 3 nitrogen and oxygen atoms in total. The predicted octanol–water partition coefficient (Wildman–Crippen LogP) is 4.52. The van der Waals surface area contributed by atoms with Crippen molar-refractivity contribution in [1.29, 1.82) is 0 Å². The van der Waals surface area contributed by atoms with Crippen LogP contribution in [0.1, 0.15) is 49.5 Å². The van der Waals surface area contributed by atoms with E-state index in [9.17, 15) is 9.90 Å². The van der Waals surface area contributed by atoms with Gasteiger partial charge in [0.05, 0.1) is 12.2 Å². The molecule has 0 aromatic heterocycles. The number of rotatable bonds is 6. The topological polar surface area (TPSA) is 57.2 Å². The van der Waals surface area contributed by atoms with Crippen LogP contribution in [0.5, 0.6) is 0 Å². The third-order valence-electron chi connectivity index (χ3n) is 3.41. The molecule has 2 atom stereocenters. The zero-order chi connectivity index (χ0) is 17.9. The molecule has 0 spiro atoms. The highest BCUT2D eigenvalue weighted by atomic mass is 16.3. The number of ketones is 1. The van der Waals surface area contributed by atoms with Crippen molar-refractivity contribution in [1.82, 2.24) is 0 Å². The van der Waals surface area contributed by atoms with Gasteiger partial charge in [0.15, 0.2) is 5.78 Å². The van der Waals surface area contributed by atoms with Crippen LogP contribution < -0.4 is 0 Å². The lowest BCUT2D eigenvalue weighted by atomic mass is 10.0. The maximum absolute atomic E-state index is 11.8. The van der Waals surface area contributed by atoms with E-state index >= 15 is 0 Å². The van der Waals surface area contributed by atoms with E-state index in [-0.39, 0.29) is 5.78 Å². The van der Waals surface area contributed by atoms with Crippen LogP contribution in [-0.2, 0) is 5.11 Å². The average Bonchev–Trinajstić information content (AvgIpc) is 2.55. The molecular formula is C21H27O3. The first-order chi connectivity index (χ1) is 11.4. The fraction of sp³-hybridized carbons (Fsp3) is 0.381. The van der Waals surface area contributed by atoms with Crippen LogP contribution in [0.3, 0.4) is 0 Å². The van der Waals surface area contributed by atoms with Crippen LogP contribution >= 0.6 is 0 Å². The average molecular weight is 327 g/mol. The molecule has 0 bridgehead atoms. The largest absolute Gasteiger partial charge is 0.393 e. The van der Waals surface area contributed by atoms with Gasteiger partial charge in [-0.15, -0.1) is 0 Å². The van der Waals surface area contributed by atoms with E-state index < -0.39 is 12.2 Å². The SMILES string of the molecule is CC(C)CC([O])CC(C)O.O=C(c1ccccc1)c1ccccc1. The lowest BCUT2D eigenvalue weighted by molar-refractivity contribution is 0.0262. The summed E-state index contributed by atoms with van der Waals surface area (Å²) in [5.41, 5.74) is 1.47. The highest BCUT2D eigenvalue weighted by Crippen LogP contribution is 2.10. The van der Waals surface area contributed by atoms with Crippen LogP contribution in [0.2, 0.25) is 0 Å². The minimum absolute atomic E-state index is 0.0752. The molecule has 1 N–H and O–H groups in total. The number of hydrogen-bond donors (Lipinski definition) is 1. The molecule has 3 heteroatoms. The Hall–Kier alpha value is -1.97. The molecule has 2 unspecified atom stereocenters. The Morgan fingerprint density at radius 3 is 1.58 bits per heavy atom. The fourth-order valence-corrected chi connectivity index (χ4v) is 2.35. The first kappa shape index (κ1) is 20.1. The maximum Gasteiger partial charge on any atom is 0.193 e. The quantitative estimate of drug-likeness (QED) is 0.793. The molecule has 0 heterocycles. The van der Waals surface area contributed by atoms with Crippen molar-refractivity contribution in [2.75, 3.05) is 0 Å². The molecule has 0 aliphatic carbocycles. The molecule has 0 saturated carbocycles. The summed E-state index contributed by atoms with van der Waals surface area (Å²) < 4.78 is 0.